The fraction of sp³-hybridized carbons (Fsp3) is 0.368. The number of rotatable bonds is 3. The van der Waals surface area contributed by atoms with Crippen LogP contribution >= 0.6 is 11.3 Å². The number of benzene rings is 1. The number of carbonyl (C=O) groups excluding carboxylic acids is 3. The molecule has 0 radical (unpaired) electrons. The summed E-state index contributed by atoms with van der Waals surface area (Å²) >= 11 is 1.41. The van der Waals surface area contributed by atoms with Gasteiger partial charge in [0.1, 0.15) is 0 Å². The Hall–Kier alpha value is -2.74. The van der Waals surface area contributed by atoms with Crippen molar-refractivity contribution in [1.29, 1.82) is 0 Å². The third-order valence-corrected chi connectivity index (χ3v) is 5.87. The van der Waals surface area contributed by atoms with Crippen molar-refractivity contribution in [3.05, 3.63) is 40.9 Å². The summed E-state index contributed by atoms with van der Waals surface area (Å²) in [4.78, 5) is 45.5. The maximum Gasteiger partial charge on any atom is 0.228 e. The molecule has 140 valence electrons. The molecule has 8 heteroatoms. The van der Waals surface area contributed by atoms with Crippen LogP contribution in [0.3, 0.4) is 0 Å². The van der Waals surface area contributed by atoms with Crippen LogP contribution in [0.2, 0.25) is 0 Å². The quantitative estimate of drug-likeness (QED) is 0.878. The van der Waals surface area contributed by atoms with Gasteiger partial charge in [0.2, 0.25) is 17.7 Å². The predicted octanol–water partition coefficient (Wildman–Crippen LogP) is 2.04. The Kier molecular flexibility index (Phi) is 4.65. The number of aromatic nitrogens is 1. The van der Waals surface area contributed by atoms with Gasteiger partial charge in [-0.3, -0.25) is 14.4 Å². The number of carbonyl (C=O) groups is 3. The van der Waals surface area contributed by atoms with Crippen LogP contribution in [-0.4, -0.2) is 40.7 Å². The Morgan fingerprint density at radius 2 is 2.04 bits per heavy atom. The molecule has 2 aliphatic heterocycles. The molecule has 1 aromatic carbocycles. The number of anilines is 2. The SMILES string of the molecule is CC(=O)Nc1nc2c(s1)CN(C(=O)C1CC(=O)N(c3ccccc3)C1)CC2. The average Bonchev–Trinajstić information content (AvgIpc) is 3.23. The molecule has 1 saturated heterocycles. The molecule has 2 aromatic rings. The molecule has 1 unspecified atom stereocenters. The van der Waals surface area contributed by atoms with Crippen LogP contribution in [-0.2, 0) is 27.3 Å². The van der Waals surface area contributed by atoms with E-state index in [1.165, 1.54) is 18.3 Å². The normalized spacial score (nSPS) is 19.1. The molecule has 1 fully saturated rings. The van der Waals surface area contributed by atoms with E-state index in [2.05, 4.69) is 10.3 Å². The van der Waals surface area contributed by atoms with Crippen molar-refractivity contribution in [2.75, 3.05) is 23.3 Å². The van der Waals surface area contributed by atoms with E-state index in [0.29, 0.717) is 31.2 Å². The van der Waals surface area contributed by atoms with Crippen molar-refractivity contribution in [3.63, 3.8) is 0 Å². The van der Waals surface area contributed by atoms with Crippen LogP contribution in [0.4, 0.5) is 10.8 Å². The monoisotopic (exact) mass is 384 g/mol. The van der Waals surface area contributed by atoms with Crippen molar-refractivity contribution in [2.24, 2.45) is 5.92 Å². The van der Waals surface area contributed by atoms with E-state index < -0.39 is 0 Å². The zero-order chi connectivity index (χ0) is 19.0. The molecule has 1 aromatic heterocycles. The highest BCUT2D eigenvalue weighted by Crippen LogP contribution is 2.31. The van der Waals surface area contributed by atoms with E-state index in [1.807, 2.05) is 35.2 Å². The summed E-state index contributed by atoms with van der Waals surface area (Å²) in [6.07, 6.45) is 0.914. The van der Waals surface area contributed by atoms with Crippen molar-refractivity contribution in [2.45, 2.75) is 26.3 Å². The summed E-state index contributed by atoms with van der Waals surface area (Å²) in [6.45, 7) is 2.95. The molecule has 2 aliphatic rings. The van der Waals surface area contributed by atoms with E-state index in [4.69, 9.17) is 0 Å². The molecule has 3 heterocycles. The fourth-order valence-corrected chi connectivity index (χ4v) is 4.65. The number of hydrogen-bond donors (Lipinski definition) is 1. The Bertz CT molecular complexity index is 896. The highest BCUT2D eigenvalue weighted by Gasteiger charge is 2.38. The molecular formula is C19H20N4O3S. The minimum Gasteiger partial charge on any atom is -0.337 e. The van der Waals surface area contributed by atoms with Crippen molar-refractivity contribution in [1.82, 2.24) is 9.88 Å². The van der Waals surface area contributed by atoms with Gasteiger partial charge in [0.05, 0.1) is 18.2 Å². The number of amides is 3. The lowest BCUT2D eigenvalue weighted by molar-refractivity contribution is -0.136. The molecule has 4 rings (SSSR count). The van der Waals surface area contributed by atoms with Gasteiger partial charge in [0, 0.05) is 43.4 Å². The molecule has 0 aliphatic carbocycles. The first-order valence-corrected chi connectivity index (χ1v) is 9.73. The van der Waals surface area contributed by atoms with Gasteiger partial charge in [0.25, 0.3) is 0 Å². The maximum atomic E-state index is 13.0. The van der Waals surface area contributed by atoms with E-state index in [9.17, 15) is 14.4 Å². The van der Waals surface area contributed by atoms with Crippen molar-refractivity contribution < 1.29 is 14.4 Å². The zero-order valence-electron chi connectivity index (χ0n) is 15.0. The molecule has 0 bridgehead atoms. The number of nitrogens with one attached hydrogen (secondary N) is 1. The van der Waals surface area contributed by atoms with Crippen LogP contribution in [0, 0.1) is 5.92 Å². The standard InChI is InChI=1S/C19H20N4O3S/c1-12(24)20-19-21-15-7-8-22(11-16(15)27-19)18(26)13-9-17(25)23(10-13)14-5-3-2-4-6-14/h2-6,13H,7-11H2,1H3,(H,20,21,24). The van der Waals surface area contributed by atoms with Gasteiger partial charge in [-0.2, -0.15) is 0 Å². The second-order valence-electron chi connectivity index (χ2n) is 6.82. The van der Waals surface area contributed by atoms with E-state index in [-0.39, 0.29) is 30.1 Å². The first-order valence-electron chi connectivity index (χ1n) is 8.91. The smallest absolute Gasteiger partial charge is 0.228 e. The Morgan fingerprint density at radius 1 is 1.26 bits per heavy atom. The zero-order valence-corrected chi connectivity index (χ0v) is 15.8. The molecule has 1 atom stereocenters. The van der Waals surface area contributed by atoms with Gasteiger partial charge in [0.15, 0.2) is 5.13 Å². The van der Waals surface area contributed by atoms with Gasteiger partial charge in [-0.1, -0.05) is 29.5 Å². The number of fused-ring (bicyclic) bond motifs is 1. The molecule has 3 amide bonds. The minimum atomic E-state index is -0.318. The molecule has 0 saturated carbocycles. The van der Waals surface area contributed by atoms with Gasteiger partial charge >= 0.3 is 0 Å². The summed E-state index contributed by atoms with van der Waals surface area (Å²) in [5, 5.41) is 3.28. The van der Waals surface area contributed by atoms with Crippen LogP contribution in [0.25, 0.3) is 0 Å². The third-order valence-electron chi connectivity index (χ3n) is 4.87. The summed E-state index contributed by atoms with van der Waals surface area (Å²) in [6, 6.07) is 9.46. The number of thiazole rings is 1. The second kappa shape index (κ2) is 7.11. The van der Waals surface area contributed by atoms with Gasteiger partial charge in [-0.15, -0.1) is 0 Å². The molecule has 1 N–H and O–H groups in total. The van der Waals surface area contributed by atoms with Crippen LogP contribution in [0.15, 0.2) is 30.3 Å². The summed E-state index contributed by atoms with van der Waals surface area (Å²) in [5.74, 6) is -0.466. The topological polar surface area (TPSA) is 82.6 Å². The summed E-state index contributed by atoms with van der Waals surface area (Å²) < 4.78 is 0. The van der Waals surface area contributed by atoms with Crippen LogP contribution in [0.5, 0.6) is 0 Å². The lowest BCUT2D eigenvalue weighted by atomic mass is 10.1. The number of hydrogen-bond acceptors (Lipinski definition) is 5. The lowest BCUT2D eigenvalue weighted by Gasteiger charge is -2.28. The lowest BCUT2D eigenvalue weighted by Crippen LogP contribution is -2.40. The fourth-order valence-electron chi connectivity index (χ4n) is 3.58. The molecule has 27 heavy (non-hydrogen) atoms. The van der Waals surface area contributed by atoms with Gasteiger partial charge in [-0.25, -0.2) is 4.98 Å². The largest absolute Gasteiger partial charge is 0.337 e. The maximum absolute atomic E-state index is 13.0. The van der Waals surface area contributed by atoms with Crippen LogP contribution < -0.4 is 10.2 Å². The highest BCUT2D eigenvalue weighted by atomic mass is 32.1. The van der Waals surface area contributed by atoms with Gasteiger partial charge < -0.3 is 15.1 Å². The van der Waals surface area contributed by atoms with Crippen molar-refractivity contribution >= 4 is 39.9 Å². The van der Waals surface area contributed by atoms with E-state index in [1.54, 1.807) is 4.90 Å². The van der Waals surface area contributed by atoms with Crippen molar-refractivity contribution in [3.8, 4) is 0 Å². The van der Waals surface area contributed by atoms with Gasteiger partial charge in [-0.05, 0) is 12.1 Å². The Morgan fingerprint density at radius 3 is 2.78 bits per heavy atom. The van der Waals surface area contributed by atoms with E-state index in [0.717, 1.165) is 16.3 Å². The summed E-state index contributed by atoms with van der Waals surface area (Å²) in [5.41, 5.74) is 1.78. The number of para-hydroxylation sites is 1. The van der Waals surface area contributed by atoms with E-state index >= 15 is 0 Å². The second-order valence-corrected chi connectivity index (χ2v) is 7.90. The first kappa shape index (κ1) is 17.7. The predicted molar refractivity (Wildman–Crippen MR) is 102 cm³/mol. The Labute approximate surface area is 161 Å². The molecule has 0 spiro atoms. The third kappa shape index (κ3) is 3.57. The minimum absolute atomic E-state index is 0.0111. The highest BCUT2D eigenvalue weighted by molar-refractivity contribution is 7.15. The summed E-state index contributed by atoms with van der Waals surface area (Å²) in [7, 11) is 0. The average molecular weight is 384 g/mol. The first-order chi connectivity index (χ1) is 13.0. The molecular weight excluding hydrogens is 364 g/mol. The number of nitrogens with zero attached hydrogens (tertiary/aromatic N) is 3. The molecule has 7 nitrogen and oxygen atoms in total. The van der Waals surface area contributed by atoms with Crippen LogP contribution in [0.1, 0.15) is 23.9 Å². The Balaban J connectivity index is 1.44.